The topological polar surface area (TPSA) is 9.23 Å². The minimum Gasteiger partial charge on any atom is -0.496 e. The summed E-state index contributed by atoms with van der Waals surface area (Å²) in [4.78, 5) is 0. The Bertz CT molecular complexity index is 699. The van der Waals surface area contributed by atoms with E-state index in [1.165, 1.54) is 0 Å². The molecule has 0 aliphatic rings. The second-order valence-corrected chi connectivity index (χ2v) is 4.20. The fourth-order valence-electron chi connectivity index (χ4n) is 1.91. The van der Waals surface area contributed by atoms with Crippen LogP contribution >= 0.6 is 0 Å². The zero-order valence-electron chi connectivity index (χ0n) is 10.9. The number of alkyl halides is 2. The molecule has 8 heteroatoms. The van der Waals surface area contributed by atoms with Crippen LogP contribution in [0.5, 0.6) is 5.75 Å². The Morgan fingerprint density at radius 1 is 0.818 bits per heavy atom. The molecule has 0 atom stereocenters. The zero-order valence-corrected chi connectivity index (χ0v) is 10.9. The average molecular weight is 324 g/mol. The molecular weight excluding hydrogens is 317 g/mol. The lowest BCUT2D eigenvalue weighted by molar-refractivity contribution is 0.147. The number of benzene rings is 2. The van der Waals surface area contributed by atoms with Gasteiger partial charge < -0.3 is 4.74 Å². The van der Waals surface area contributed by atoms with Gasteiger partial charge in [-0.25, -0.2) is 30.7 Å². The van der Waals surface area contributed by atoms with Crippen molar-refractivity contribution in [3.05, 3.63) is 52.8 Å². The highest BCUT2D eigenvalue weighted by Gasteiger charge is 2.27. The minimum absolute atomic E-state index is 0.434. The van der Waals surface area contributed by atoms with Gasteiger partial charge >= 0.3 is 0 Å². The molecular formula is C14H7F7O. The third-order valence-corrected chi connectivity index (χ3v) is 2.97. The van der Waals surface area contributed by atoms with Gasteiger partial charge in [0.2, 0.25) is 5.82 Å². The Hall–Kier alpha value is -2.25. The summed E-state index contributed by atoms with van der Waals surface area (Å²) < 4.78 is 96.7. The molecule has 0 unspecified atom stereocenters. The molecule has 0 saturated heterocycles. The van der Waals surface area contributed by atoms with Crippen LogP contribution in [0.25, 0.3) is 11.1 Å². The van der Waals surface area contributed by atoms with E-state index in [1.54, 1.807) is 0 Å². The quantitative estimate of drug-likeness (QED) is 0.439. The van der Waals surface area contributed by atoms with E-state index in [0.717, 1.165) is 25.3 Å². The Morgan fingerprint density at radius 2 is 1.32 bits per heavy atom. The van der Waals surface area contributed by atoms with Gasteiger partial charge in [0.25, 0.3) is 6.43 Å². The van der Waals surface area contributed by atoms with Crippen LogP contribution in [0.1, 0.15) is 12.0 Å². The molecule has 118 valence electrons. The highest BCUT2D eigenvalue weighted by Crippen LogP contribution is 2.36. The van der Waals surface area contributed by atoms with Gasteiger partial charge in [-0.05, 0) is 17.7 Å². The molecule has 0 aliphatic heterocycles. The van der Waals surface area contributed by atoms with Gasteiger partial charge in [-0.15, -0.1) is 0 Å². The summed E-state index contributed by atoms with van der Waals surface area (Å²) in [7, 11) is 1.03. The van der Waals surface area contributed by atoms with Crippen molar-refractivity contribution >= 4 is 0 Å². The van der Waals surface area contributed by atoms with Crippen molar-refractivity contribution < 1.29 is 35.5 Å². The van der Waals surface area contributed by atoms with E-state index in [9.17, 15) is 30.7 Å². The predicted molar refractivity (Wildman–Crippen MR) is 63.2 cm³/mol. The van der Waals surface area contributed by atoms with Crippen LogP contribution in [-0.4, -0.2) is 7.11 Å². The molecule has 2 aromatic carbocycles. The Labute approximate surface area is 119 Å². The Kier molecular flexibility index (Phi) is 4.30. The van der Waals surface area contributed by atoms with Crippen LogP contribution < -0.4 is 4.74 Å². The minimum atomic E-state index is -2.93. The van der Waals surface area contributed by atoms with Crippen LogP contribution in [0, 0.1) is 29.1 Å². The van der Waals surface area contributed by atoms with Gasteiger partial charge in [0, 0.05) is 0 Å². The first-order valence-electron chi connectivity index (χ1n) is 5.77. The Balaban J connectivity index is 2.73. The number of hydrogen-bond acceptors (Lipinski definition) is 1. The molecule has 0 bridgehead atoms. The van der Waals surface area contributed by atoms with Gasteiger partial charge in [-0.1, -0.05) is 6.07 Å². The third kappa shape index (κ3) is 2.49. The van der Waals surface area contributed by atoms with E-state index in [2.05, 4.69) is 4.74 Å². The predicted octanol–water partition coefficient (Wildman–Crippen LogP) is 5.00. The fourth-order valence-corrected chi connectivity index (χ4v) is 1.91. The normalized spacial score (nSPS) is 11.1. The summed E-state index contributed by atoms with van der Waals surface area (Å²) >= 11 is 0. The van der Waals surface area contributed by atoms with Crippen molar-refractivity contribution in [1.29, 1.82) is 0 Å². The number of ether oxygens (including phenoxy) is 1. The first-order valence-corrected chi connectivity index (χ1v) is 5.77. The van der Waals surface area contributed by atoms with Crippen molar-refractivity contribution in [1.82, 2.24) is 0 Å². The molecule has 22 heavy (non-hydrogen) atoms. The molecule has 0 N–H and O–H groups in total. The van der Waals surface area contributed by atoms with Crippen molar-refractivity contribution in [2.24, 2.45) is 0 Å². The molecule has 2 rings (SSSR count). The van der Waals surface area contributed by atoms with E-state index in [1.807, 2.05) is 0 Å². The van der Waals surface area contributed by atoms with Gasteiger partial charge in [0.05, 0.1) is 18.2 Å². The lowest BCUT2D eigenvalue weighted by Crippen LogP contribution is -2.04. The molecule has 0 aliphatic carbocycles. The van der Waals surface area contributed by atoms with E-state index >= 15 is 0 Å². The molecule has 1 nitrogen and oxygen atoms in total. The summed E-state index contributed by atoms with van der Waals surface area (Å²) in [6.45, 7) is 0. The summed E-state index contributed by atoms with van der Waals surface area (Å²) in [5.74, 6) is -11.1. The number of rotatable bonds is 3. The van der Waals surface area contributed by atoms with E-state index in [0.29, 0.717) is 0 Å². The maximum Gasteiger partial charge on any atom is 0.267 e. The van der Waals surface area contributed by atoms with Crippen molar-refractivity contribution in [3.63, 3.8) is 0 Å². The second kappa shape index (κ2) is 5.86. The first kappa shape index (κ1) is 16.1. The van der Waals surface area contributed by atoms with Crippen LogP contribution in [-0.2, 0) is 0 Å². The standard InChI is InChI=1S/C14H7F7O/c1-22-7-4-5(2-3-6(7)14(20)21)8-9(15)11(17)13(19)12(18)10(8)16/h2-4,14H,1H3. The van der Waals surface area contributed by atoms with Gasteiger partial charge in [-0.3, -0.25) is 0 Å². The summed E-state index contributed by atoms with van der Waals surface area (Å²) in [6.07, 6.45) is -2.93. The van der Waals surface area contributed by atoms with Gasteiger partial charge in [-0.2, -0.15) is 0 Å². The average Bonchev–Trinajstić information content (AvgIpc) is 2.50. The maximum atomic E-state index is 13.7. The molecule has 0 heterocycles. The summed E-state index contributed by atoms with van der Waals surface area (Å²) in [6, 6.07) is 2.39. The number of halogens is 7. The monoisotopic (exact) mass is 324 g/mol. The highest BCUT2D eigenvalue weighted by atomic mass is 19.3. The molecule has 0 aromatic heterocycles. The molecule has 0 amide bonds. The van der Waals surface area contributed by atoms with E-state index < -0.39 is 58.0 Å². The molecule has 0 fully saturated rings. The maximum absolute atomic E-state index is 13.7. The van der Waals surface area contributed by atoms with Gasteiger partial charge in [0.15, 0.2) is 23.3 Å². The van der Waals surface area contributed by atoms with Crippen LogP contribution in [0.2, 0.25) is 0 Å². The SMILES string of the molecule is COc1cc(-c2c(F)c(F)c(F)c(F)c2F)ccc1C(F)F. The van der Waals surface area contributed by atoms with Crippen molar-refractivity contribution in [2.45, 2.75) is 6.43 Å². The Morgan fingerprint density at radius 3 is 1.77 bits per heavy atom. The molecule has 0 radical (unpaired) electrons. The van der Waals surface area contributed by atoms with Crippen molar-refractivity contribution in [2.75, 3.05) is 7.11 Å². The summed E-state index contributed by atoms with van der Waals surface area (Å²) in [5.41, 5.74) is -2.26. The fraction of sp³-hybridized carbons (Fsp3) is 0.143. The number of hydrogen-bond donors (Lipinski definition) is 0. The van der Waals surface area contributed by atoms with Crippen LogP contribution in [0.3, 0.4) is 0 Å². The molecule has 2 aromatic rings. The zero-order chi connectivity index (χ0) is 16.6. The molecule has 0 saturated carbocycles. The second-order valence-electron chi connectivity index (χ2n) is 4.20. The van der Waals surface area contributed by atoms with Gasteiger partial charge in [0.1, 0.15) is 5.75 Å². The third-order valence-electron chi connectivity index (χ3n) is 2.97. The van der Waals surface area contributed by atoms with Crippen LogP contribution in [0.4, 0.5) is 30.7 Å². The number of methoxy groups -OCH3 is 1. The van der Waals surface area contributed by atoms with Crippen LogP contribution in [0.15, 0.2) is 18.2 Å². The van der Waals surface area contributed by atoms with Crippen molar-refractivity contribution in [3.8, 4) is 16.9 Å². The first-order chi connectivity index (χ1) is 10.3. The molecule has 0 spiro atoms. The smallest absolute Gasteiger partial charge is 0.267 e. The lowest BCUT2D eigenvalue weighted by atomic mass is 10.0. The van der Waals surface area contributed by atoms with E-state index in [-0.39, 0.29) is 0 Å². The summed E-state index contributed by atoms with van der Waals surface area (Å²) in [5, 5.41) is 0. The highest BCUT2D eigenvalue weighted by molar-refractivity contribution is 5.68. The lowest BCUT2D eigenvalue weighted by Gasteiger charge is -2.12. The largest absolute Gasteiger partial charge is 0.496 e. The van der Waals surface area contributed by atoms with E-state index in [4.69, 9.17) is 0 Å².